The van der Waals surface area contributed by atoms with Crippen LogP contribution < -0.4 is 5.73 Å². The molecule has 1 spiro atoms. The number of hydrogen-bond acceptors (Lipinski definition) is 8. The molecule has 9 heteroatoms. The van der Waals surface area contributed by atoms with Gasteiger partial charge >= 0.3 is 0 Å². The zero-order valence-electron chi connectivity index (χ0n) is 16.1. The fourth-order valence-electron chi connectivity index (χ4n) is 5.38. The van der Waals surface area contributed by atoms with Gasteiger partial charge in [-0.1, -0.05) is 0 Å². The number of nitrogens with two attached hydrogens (primary N) is 1. The Labute approximate surface area is 163 Å². The molecule has 3 aliphatic rings. The summed E-state index contributed by atoms with van der Waals surface area (Å²) < 4.78 is 7.87. The summed E-state index contributed by atoms with van der Waals surface area (Å²) in [5.41, 5.74) is 6.89. The number of fused-ring (bicyclic) bond motifs is 1. The summed E-state index contributed by atoms with van der Waals surface area (Å²) in [4.78, 5) is 13.0. The van der Waals surface area contributed by atoms with Crippen LogP contribution in [0.4, 0.5) is 5.82 Å². The van der Waals surface area contributed by atoms with Crippen LogP contribution in [-0.2, 0) is 4.74 Å². The first-order valence-corrected chi connectivity index (χ1v) is 9.95. The van der Waals surface area contributed by atoms with E-state index in [0.717, 1.165) is 26.2 Å². The molecule has 2 aromatic rings. The number of nitrogens with zero attached hydrogens (tertiary/aromatic N) is 5. The Kier molecular flexibility index (Phi) is 4.33. The summed E-state index contributed by atoms with van der Waals surface area (Å²) >= 11 is 0. The maximum absolute atomic E-state index is 10.7. The van der Waals surface area contributed by atoms with E-state index in [0.29, 0.717) is 28.8 Å². The van der Waals surface area contributed by atoms with Crippen molar-refractivity contribution >= 4 is 16.9 Å². The van der Waals surface area contributed by atoms with Crippen LogP contribution in [-0.4, -0.2) is 92.6 Å². The van der Waals surface area contributed by atoms with Gasteiger partial charge in [-0.3, -0.25) is 0 Å². The molecule has 5 rings (SSSR count). The fourth-order valence-corrected chi connectivity index (χ4v) is 5.38. The third-order valence-electron chi connectivity index (χ3n) is 6.54. The topological polar surface area (TPSA) is 113 Å². The number of aromatic nitrogens is 3. The van der Waals surface area contributed by atoms with E-state index in [4.69, 9.17) is 10.5 Å². The van der Waals surface area contributed by atoms with E-state index in [-0.39, 0.29) is 0 Å². The van der Waals surface area contributed by atoms with Crippen molar-refractivity contribution in [3.05, 3.63) is 18.6 Å². The summed E-state index contributed by atoms with van der Waals surface area (Å²) in [6.45, 7) is 4.94. The first-order chi connectivity index (χ1) is 13.5. The lowest BCUT2D eigenvalue weighted by molar-refractivity contribution is -0.0742. The van der Waals surface area contributed by atoms with E-state index >= 15 is 0 Å². The van der Waals surface area contributed by atoms with Crippen molar-refractivity contribution in [3.8, 4) is 0 Å². The third kappa shape index (κ3) is 2.89. The Balaban J connectivity index is 1.32. The average molecular weight is 388 g/mol. The minimum Gasteiger partial charge on any atom is -0.387 e. The maximum Gasteiger partial charge on any atom is 0.164 e. The molecule has 9 nitrogen and oxygen atoms in total. The Morgan fingerprint density at radius 2 is 2.07 bits per heavy atom. The van der Waals surface area contributed by atoms with Gasteiger partial charge in [-0.05, 0) is 32.5 Å². The van der Waals surface area contributed by atoms with Crippen LogP contribution >= 0.6 is 0 Å². The van der Waals surface area contributed by atoms with Crippen LogP contribution in [0.3, 0.4) is 0 Å². The maximum atomic E-state index is 10.7. The second kappa shape index (κ2) is 6.64. The van der Waals surface area contributed by atoms with Gasteiger partial charge in [0.1, 0.15) is 36.1 Å². The van der Waals surface area contributed by atoms with Crippen molar-refractivity contribution in [2.24, 2.45) is 5.41 Å². The molecule has 28 heavy (non-hydrogen) atoms. The molecule has 3 saturated heterocycles. The van der Waals surface area contributed by atoms with Gasteiger partial charge in [-0.15, -0.1) is 0 Å². The molecule has 3 aliphatic heterocycles. The molecule has 0 unspecified atom stereocenters. The van der Waals surface area contributed by atoms with E-state index in [2.05, 4.69) is 26.8 Å². The number of rotatable bonds is 3. The Hall–Kier alpha value is -1.78. The zero-order chi connectivity index (χ0) is 19.5. The van der Waals surface area contributed by atoms with Gasteiger partial charge < -0.3 is 35.1 Å². The molecule has 0 aromatic carbocycles. The number of nitrogen functional groups attached to an aromatic ring is 1. The number of piperidine rings is 1. The average Bonchev–Trinajstić information content (AvgIpc) is 3.19. The van der Waals surface area contributed by atoms with Gasteiger partial charge in [0, 0.05) is 37.8 Å². The van der Waals surface area contributed by atoms with Gasteiger partial charge in [0.05, 0.1) is 5.39 Å². The molecule has 0 amide bonds. The summed E-state index contributed by atoms with van der Waals surface area (Å²) in [5, 5.41) is 22.0. The number of aliphatic hydroxyl groups excluding tert-OH is 2. The van der Waals surface area contributed by atoms with Crippen molar-refractivity contribution in [3.63, 3.8) is 0 Å². The predicted octanol–water partition coefficient (Wildman–Crippen LogP) is -0.340. The molecule has 4 N–H and O–H groups in total. The van der Waals surface area contributed by atoms with E-state index in [1.165, 1.54) is 19.2 Å². The molecule has 3 fully saturated rings. The van der Waals surface area contributed by atoms with Gasteiger partial charge in [0.15, 0.2) is 6.23 Å². The van der Waals surface area contributed by atoms with Crippen LogP contribution in [0, 0.1) is 5.41 Å². The monoisotopic (exact) mass is 388 g/mol. The van der Waals surface area contributed by atoms with Crippen molar-refractivity contribution in [1.82, 2.24) is 24.3 Å². The lowest BCUT2D eigenvalue weighted by Crippen LogP contribution is -2.62. The normalized spacial score (nSPS) is 33.5. The lowest BCUT2D eigenvalue weighted by Gasteiger charge is -2.54. The van der Waals surface area contributed by atoms with E-state index in [1.807, 2.05) is 6.07 Å². The molecule has 5 heterocycles. The summed E-state index contributed by atoms with van der Waals surface area (Å²) in [5.74, 6) is 0.386. The standard InChI is InChI=1S/C19H28N6O3/c1-23-8-19(9-23)4-2-5-24(10-19)7-13-14(26)15(27)18(28-13)25-6-3-12-16(20)21-11-22-17(12)25/h3,6,11,13-15,18,26-27H,2,4-5,7-10H2,1H3,(H2,20,21,22)/t13-,14-,15-,18-/m1/s1. The van der Waals surface area contributed by atoms with Crippen LogP contribution in [0.5, 0.6) is 0 Å². The smallest absolute Gasteiger partial charge is 0.164 e. The highest BCUT2D eigenvalue weighted by Crippen LogP contribution is 2.39. The Bertz CT molecular complexity index is 861. The summed E-state index contributed by atoms with van der Waals surface area (Å²) in [7, 11) is 2.16. The number of likely N-dealkylation sites (tertiary alicyclic amines) is 2. The van der Waals surface area contributed by atoms with Crippen molar-refractivity contribution in [1.29, 1.82) is 0 Å². The summed E-state index contributed by atoms with van der Waals surface area (Å²) in [6, 6.07) is 1.81. The largest absolute Gasteiger partial charge is 0.387 e. The van der Waals surface area contributed by atoms with Crippen LogP contribution in [0.2, 0.25) is 0 Å². The second-order valence-corrected chi connectivity index (χ2v) is 8.78. The van der Waals surface area contributed by atoms with Gasteiger partial charge in [-0.25, -0.2) is 9.97 Å². The zero-order valence-corrected chi connectivity index (χ0v) is 16.1. The number of aliphatic hydroxyl groups is 2. The highest BCUT2D eigenvalue weighted by Gasteiger charge is 2.47. The fraction of sp³-hybridized carbons (Fsp3) is 0.684. The first kappa shape index (κ1) is 18.3. The third-order valence-corrected chi connectivity index (χ3v) is 6.54. The highest BCUT2D eigenvalue weighted by molar-refractivity contribution is 5.86. The number of hydrogen-bond donors (Lipinski definition) is 3. The minimum absolute atomic E-state index is 0.386. The molecule has 0 saturated carbocycles. The molecule has 0 aliphatic carbocycles. The molecule has 0 bridgehead atoms. The minimum atomic E-state index is -1.02. The SMILES string of the molecule is CN1CC2(CCCN(C[C@H]3O[C@@H](n4ccc5c(N)ncnc54)[C@H](O)[C@@H]3O)C2)C1. The molecule has 0 radical (unpaired) electrons. The molecule has 152 valence electrons. The van der Waals surface area contributed by atoms with E-state index in [9.17, 15) is 10.2 Å². The summed E-state index contributed by atoms with van der Waals surface area (Å²) in [6.07, 6.45) is 2.51. The van der Waals surface area contributed by atoms with Gasteiger partial charge in [0.25, 0.3) is 0 Å². The van der Waals surface area contributed by atoms with Gasteiger partial charge in [-0.2, -0.15) is 0 Å². The molecule has 2 aromatic heterocycles. The second-order valence-electron chi connectivity index (χ2n) is 8.78. The molecule has 4 atom stereocenters. The van der Waals surface area contributed by atoms with E-state index in [1.54, 1.807) is 10.8 Å². The number of anilines is 1. The van der Waals surface area contributed by atoms with Crippen molar-refractivity contribution < 1.29 is 14.9 Å². The lowest BCUT2D eigenvalue weighted by atomic mass is 9.73. The van der Waals surface area contributed by atoms with Crippen molar-refractivity contribution in [2.75, 3.05) is 45.5 Å². The highest BCUT2D eigenvalue weighted by atomic mass is 16.6. The Morgan fingerprint density at radius 3 is 2.86 bits per heavy atom. The molecular weight excluding hydrogens is 360 g/mol. The van der Waals surface area contributed by atoms with Crippen LogP contribution in [0.25, 0.3) is 11.0 Å². The number of ether oxygens (including phenoxy) is 1. The quantitative estimate of drug-likeness (QED) is 0.655. The van der Waals surface area contributed by atoms with Crippen LogP contribution in [0.15, 0.2) is 18.6 Å². The molecular formula is C19H28N6O3. The first-order valence-electron chi connectivity index (χ1n) is 9.95. The van der Waals surface area contributed by atoms with E-state index < -0.39 is 24.5 Å². The predicted molar refractivity (Wildman–Crippen MR) is 103 cm³/mol. The van der Waals surface area contributed by atoms with Gasteiger partial charge in [0.2, 0.25) is 0 Å². The Morgan fingerprint density at radius 1 is 1.25 bits per heavy atom. The van der Waals surface area contributed by atoms with Crippen LogP contribution in [0.1, 0.15) is 19.1 Å². The van der Waals surface area contributed by atoms with Crippen molar-refractivity contribution in [2.45, 2.75) is 37.4 Å².